The highest BCUT2D eigenvalue weighted by Gasteiger charge is 2.30. The summed E-state index contributed by atoms with van der Waals surface area (Å²) in [7, 11) is -0.675. The first kappa shape index (κ1) is 42.7. The molecule has 1 saturated heterocycles. The second kappa shape index (κ2) is 18.1. The molecule has 0 saturated carbocycles. The Morgan fingerprint density at radius 1 is 0.983 bits per heavy atom. The third-order valence-electron chi connectivity index (χ3n) is 11.3. The molecular formula is C45H52ClN7O6S. The minimum absolute atomic E-state index is 0.0101. The lowest BCUT2D eigenvalue weighted by atomic mass is 9.72. The van der Waals surface area contributed by atoms with E-state index in [1.54, 1.807) is 30.5 Å². The molecule has 316 valence electrons. The molecule has 1 amide bonds. The number of nitro benzene ring substituents is 1. The molecule has 0 atom stereocenters. The molecule has 0 spiro atoms. The highest BCUT2D eigenvalue weighted by molar-refractivity contribution is 7.90. The van der Waals surface area contributed by atoms with Gasteiger partial charge in [-0.25, -0.2) is 13.1 Å². The largest absolute Gasteiger partial charge is 0.456 e. The Labute approximate surface area is 356 Å². The van der Waals surface area contributed by atoms with Gasteiger partial charge in [0, 0.05) is 79.2 Å². The van der Waals surface area contributed by atoms with Crippen molar-refractivity contribution in [2.75, 3.05) is 70.1 Å². The fourth-order valence-electron chi connectivity index (χ4n) is 7.98. The summed E-state index contributed by atoms with van der Waals surface area (Å²) in [6.45, 7) is 9.92. The van der Waals surface area contributed by atoms with Crippen molar-refractivity contribution in [1.82, 2.24) is 19.5 Å². The maximum Gasteiger partial charge on any atom is 0.293 e. The van der Waals surface area contributed by atoms with E-state index < -0.39 is 31.4 Å². The Bertz CT molecular complexity index is 2510. The Balaban J connectivity index is 1.10. The minimum atomic E-state index is -4.54. The summed E-state index contributed by atoms with van der Waals surface area (Å²) in [6.07, 6.45) is 5.73. The van der Waals surface area contributed by atoms with Crippen molar-refractivity contribution in [3.8, 4) is 11.5 Å². The van der Waals surface area contributed by atoms with Crippen LogP contribution < -0.4 is 19.7 Å². The lowest BCUT2D eigenvalue weighted by Gasteiger charge is -2.39. The van der Waals surface area contributed by atoms with Crippen LogP contribution in [0.1, 0.15) is 55.5 Å². The van der Waals surface area contributed by atoms with Gasteiger partial charge < -0.3 is 24.8 Å². The number of nitro groups is 1. The fraction of sp³-hybridized carbons (Fsp3) is 0.356. The van der Waals surface area contributed by atoms with E-state index in [2.05, 4.69) is 50.8 Å². The molecule has 1 aromatic heterocycles. The van der Waals surface area contributed by atoms with Crippen LogP contribution in [0.4, 0.5) is 17.1 Å². The summed E-state index contributed by atoms with van der Waals surface area (Å²) in [6, 6.07) is 24.3. The monoisotopic (exact) mass is 853 g/mol. The van der Waals surface area contributed by atoms with E-state index in [0.29, 0.717) is 12.3 Å². The van der Waals surface area contributed by atoms with Gasteiger partial charge >= 0.3 is 0 Å². The zero-order chi connectivity index (χ0) is 42.6. The maximum absolute atomic E-state index is 13.9. The third-order valence-corrected chi connectivity index (χ3v) is 12.9. The van der Waals surface area contributed by atoms with Crippen molar-refractivity contribution in [3.05, 3.63) is 123 Å². The van der Waals surface area contributed by atoms with Gasteiger partial charge in [-0.15, -0.1) is 0 Å². The number of piperazine rings is 1. The molecule has 1 aliphatic heterocycles. The zero-order valence-corrected chi connectivity index (χ0v) is 36.0. The number of rotatable bonds is 15. The van der Waals surface area contributed by atoms with Crippen LogP contribution in [0.15, 0.2) is 102 Å². The van der Waals surface area contributed by atoms with Crippen LogP contribution >= 0.6 is 11.6 Å². The summed E-state index contributed by atoms with van der Waals surface area (Å²) in [5, 5.41) is 16.5. The van der Waals surface area contributed by atoms with Gasteiger partial charge in [0.1, 0.15) is 17.2 Å². The molecule has 13 nitrogen and oxygen atoms in total. The van der Waals surface area contributed by atoms with Gasteiger partial charge in [-0.1, -0.05) is 49.2 Å². The average molecular weight is 854 g/mol. The molecule has 1 fully saturated rings. The van der Waals surface area contributed by atoms with Crippen molar-refractivity contribution in [2.45, 2.75) is 44.4 Å². The Morgan fingerprint density at radius 3 is 2.48 bits per heavy atom. The first-order chi connectivity index (χ1) is 28.7. The van der Waals surface area contributed by atoms with Crippen molar-refractivity contribution in [2.24, 2.45) is 5.41 Å². The number of hydrogen-bond donors (Lipinski definition) is 3. The second-order valence-corrected chi connectivity index (χ2v) is 18.7. The number of hydrogen-bond acceptors (Lipinski definition) is 10. The van der Waals surface area contributed by atoms with Crippen molar-refractivity contribution in [1.29, 1.82) is 0 Å². The number of anilines is 2. The number of nitrogens with zero attached hydrogens (tertiary/aromatic N) is 4. The lowest BCUT2D eigenvalue weighted by Crippen LogP contribution is -2.47. The van der Waals surface area contributed by atoms with E-state index in [0.717, 1.165) is 92.6 Å². The number of nitrogens with one attached hydrogen (secondary N) is 3. The third kappa shape index (κ3) is 10.1. The zero-order valence-electron chi connectivity index (χ0n) is 34.5. The Kier molecular flexibility index (Phi) is 12.9. The van der Waals surface area contributed by atoms with Gasteiger partial charge in [0.05, 0.1) is 15.4 Å². The van der Waals surface area contributed by atoms with Crippen molar-refractivity contribution in [3.63, 3.8) is 0 Å². The number of carbonyl (C=O) groups excluding carboxylic acids is 1. The number of aromatic nitrogens is 1. The SMILES string of the molecule is CN(C)CCCNc1ccc(S(=O)(=O)NC(=O)c2ccc(N3CCN(CC4=C(c5ccc(Cl)cc5)CC(C)(C)CC4)CC3)cc2Oc2cccc3[nH]ccc23)cc1[N+](=O)[O-]. The number of allylic oxidation sites excluding steroid dienone is 1. The first-order valence-corrected chi connectivity index (χ1v) is 22.1. The molecule has 4 aromatic carbocycles. The quantitative estimate of drug-likeness (QED) is 0.0529. The number of ether oxygens (including phenoxy) is 1. The molecule has 1 aliphatic carbocycles. The van der Waals surface area contributed by atoms with Crippen LogP contribution in [0.25, 0.3) is 16.5 Å². The van der Waals surface area contributed by atoms with Crippen LogP contribution in [0.5, 0.6) is 11.5 Å². The van der Waals surface area contributed by atoms with Gasteiger partial charge in [-0.05, 0) is 117 Å². The summed E-state index contributed by atoms with van der Waals surface area (Å²) in [5.41, 5.74) is 5.78. The highest BCUT2D eigenvalue weighted by atomic mass is 35.5. The second-order valence-electron chi connectivity index (χ2n) is 16.6. The predicted molar refractivity (Wildman–Crippen MR) is 239 cm³/mol. The first-order valence-electron chi connectivity index (χ1n) is 20.2. The Hall–Kier alpha value is -5.41. The van der Waals surface area contributed by atoms with Crippen LogP contribution in [0.2, 0.25) is 5.02 Å². The number of fused-ring (bicyclic) bond motifs is 1. The van der Waals surface area contributed by atoms with Crippen LogP contribution in [-0.2, 0) is 10.0 Å². The molecular weight excluding hydrogens is 802 g/mol. The highest BCUT2D eigenvalue weighted by Crippen LogP contribution is 2.43. The van der Waals surface area contributed by atoms with E-state index >= 15 is 0 Å². The molecule has 5 aromatic rings. The number of sulfonamides is 1. The summed E-state index contributed by atoms with van der Waals surface area (Å²) >= 11 is 6.24. The Morgan fingerprint density at radius 2 is 1.75 bits per heavy atom. The smallest absolute Gasteiger partial charge is 0.293 e. The number of aromatic amines is 1. The van der Waals surface area contributed by atoms with E-state index in [1.165, 1.54) is 28.8 Å². The summed E-state index contributed by atoms with van der Waals surface area (Å²) in [5.74, 6) is -0.281. The van der Waals surface area contributed by atoms with Crippen LogP contribution in [-0.4, -0.2) is 93.9 Å². The van der Waals surface area contributed by atoms with Gasteiger partial charge in [-0.2, -0.15) is 0 Å². The molecule has 2 heterocycles. The van der Waals surface area contributed by atoms with Gasteiger partial charge in [0.25, 0.3) is 21.6 Å². The number of H-pyrrole nitrogens is 1. The van der Waals surface area contributed by atoms with E-state index in [9.17, 15) is 23.3 Å². The van der Waals surface area contributed by atoms with Gasteiger partial charge in [0.15, 0.2) is 0 Å². The molecule has 0 bridgehead atoms. The topological polar surface area (TPSA) is 153 Å². The van der Waals surface area contributed by atoms with Gasteiger partial charge in [-0.3, -0.25) is 19.8 Å². The van der Waals surface area contributed by atoms with Crippen molar-refractivity contribution >= 4 is 61.1 Å². The molecule has 7 rings (SSSR count). The van der Waals surface area contributed by atoms with Crippen LogP contribution in [0, 0.1) is 15.5 Å². The lowest BCUT2D eigenvalue weighted by molar-refractivity contribution is -0.384. The van der Waals surface area contributed by atoms with E-state index in [-0.39, 0.29) is 22.4 Å². The number of carbonyl (C=O) groups is 1. The van der Waals surface area contributed by atoms with Crippen LogP contribution in [0.3, 0.4) is 0 Å². The maximum atomic E-state index is 13.9. The molecule has 60 heavy (non-hydrogen) atoms. The molecule has 0 unspecified atom stereocenters. The summed E-state index contributed by atoms with van der Waals surface area (Å²) in [4.78, 5) is 34.8. The molecule has 0 radical (unpaired) electrons. The number of amides is 1. The molecule has 15 heteroatoms. The minimum Gasteiger partial charge on any atom is -0.456 e. The molecule has 3 N–H and O–H groups in total. The standard InChI is InChI=1S/C45H52ClN7O6S/c1-45(2)19-17-32(38(29-45)31-9-11-33(46)12-10-31)30-51-23-25-52(26-24-51)34-13-15-37(43(27-34)59-42-8-5-7-39-36(42)18-21-48-39)44(54)49-60(57,58)35-14-16-40(41(28-35)53(55)56)47-20-6-22-50(3)4/h5,7-16,18,21,27-28,47-48H,6,17,19-20,22-26,29-30H2,1-4H3,(H,49,54). The number of halogens is 1. The van der Waals surface area contributed by atoms with E-state index in [1.807, 2.05) is 49.3 Å². The summed E-state index contributed by atoms with van der Waals surface area (Å²) < 4.78 is 35.9. The fourth-order valence-corrected chi connectivity index (χ4v) is 9.09. The van der Waals surface area contributed by atoms with Crippen molar-refractivity contribution < 1.29 is 22.9 Å². The van der Waals surface area contributed by atoms with Gasteiger partial charge in [0.2, 0.25) is 0 Å². The number of benzene rings is 4. The normalized spacial score (nSPS) is 16.0. The average Bonchev–Trinajstić information content (AvgIpc) is 3.71. The molecule has 2 aliphatic rings. The predicted octanol–water partition coefficient (Wildman–Crippen LogP) is 8.79. The van der Waals surface area contributed by atoms with E-state index in [4.69, 9.17) is 16.3 Å².